The van der Waals surface area contributed by atoms with Crippen LogP contribution in [0.5, 0.6) is 0 Å². The lowest BCUT2D eigenvalue weighted by atomic mass is 10.1. The van der Waals surface area contributed by atoms with Gasteiger partial charge in [-0.25, -0.2) is 0 Å². The predicted molar refractivity (Wildman–Crippen MR) is 72.3 cm³/mol. The van der Waals surface area contributed by atoms with Crippen LogP contribution in [0.2, 0.25) is 0 Å². The number of nitrogens with one attached hydrogen (secondary N) is 1. The molecule has 0 radical (unpaired) electrons. The first-order valence-electron chi connectivity index (χ1n) is 6.59. The highest BCUT2D eigenvalue weighted by Crippen LogP contribution is 2.28. The molecule has 1 aromatic heterocycles. The van der Waals surface area contributed by atoms with Crippen LogP contribution >= 0.6 is 0 Å². The number of aromatic nitrogens is 1. The molecule has 0 amide bonds. The molecule has 1 saturated heterocycles. The molecule has 94 valence electrons. The van der Waals surface area contributed by atoms with E-state index >= 15 is 0 Å². The van der Waals surface area contributed by atoms with Crippen molar-refractivity contribution in [3.63, 3.8) is 0 Å². The first-order valence-corrected chi connectivity index (χ1v) is 6.59. The molecule has 3 nitrogen and oxygen atoms in total. The summed E-state index contributed by atoms with van der Waals surface area (Å²) in [4.78, 5) is 6.93. The highest BCUT2D eigenvalue weighted by atomic mass is 15.2. The number of pyridine rings is 1. The van der Waals surface area contributed by atoms with Gasteiger partial charge in [-0.15, -0.1) is 0 Å². The Morgan fingerprint density at radius 1 is 1.53 bits per heavy atom. The molecule has 1 aromatic rings. The van der Waals surface area contributed by atoms with Gasteiger partial charge in [-0.2, -0.15) is 0 Å². The van der Waals surface area contributed by atoms with Crippen LogP contribution in [0, 0.1) is 12.8 Å². The molecule has 1 atom stereocenters. The number of aryl methyl sites for hydroxylation is 1. The predicted octanol–water partition coefficient (Wildman–Crippen LogP) is 2.35. The smallest absolute Gasteiger partial charge is 0.0445 e. The molecular formula is C14H23N3. The molecule has 0 bridgehead atoms. The summed E-state index contributed by atoms with van der Waals surface area (Å²) in [5.74, 6) is 0.867. The van der Waals surface area contributed by atoms with Crippen molar-refractivity contribution in [3.8, 4) is 0 Å². The number of nitrogens with zero attached hydrogens (tertiary/aromatic N) is 2. The second-order valence-corrected chi connectivity index (χ2v) is 4.99. The monoisotopic (exact) mass is 233 g/mol. The Morgan fingerprint density at radius 2 is 2.35 bits per heavy atom. The second kappa shape index (κ2) is 5.50. The van der Waals surface area contributed by atoms with Crippen molar-refractivity contribution in [2.75, 3.05) is 25.0 Å². The number of anilines is 1. The normalized spacial score (nSPS) is 19.9. The fourth-order valence-electron chi connectivity index (χ4n) is 2.58. The summed E-state index contributed by atoms with van der Waals surface area (Å²) in [6.07, 6.45) is 4.64. The van der Waals surface area contributed by atoms with E-state index in [0.717, 1.165) is 18.2 Å². The van der Waals surface area contributed by atoms with Gasteiger partial charge in [-0.3, -0.25) is 4.98 Å². The Labute approximate surface area is 104 Å². The number of hydrogen-bond acceptors (Lipinski definition) is 3. The van der Waals surface area contributed by atoms with E-state index in [-0.39, 0.29) is 0 Å². The molecule has 1 N–H and O–H groups in total. The molecule has 1 fully saturated rings. The van der Waals surface area contributed by atoms with Crippen molar-refractivity contribution in [1.82, 2.24) is 10.3 Å². The quantitative estimate of drug-likeness (QED) is 0.865. The molecule has 0 saturated carbocycles. The van der Waals surface area contributed by atoms with E-state index in [1.807, 2.05) is 13.2 Å². The van der Waals surface area contributed by atoms with Gasteiger partial charge in [0, 0.05) is 42.8 Å². The van der Waals surface area contributed by atoms with Crippen LogP contribution in [0.1, 0.15) is 31.0 Å². The summed E-state index contributed by atoms with van der Waals surface area (Å²) in [5.41, 5.74) is 3.80. The zero-order chi connectivity index (χ0) is 12.3. The van der Waals surface area contributed by atoms with Gasteiger partial charge in [-0.1, -0.05) is 13.3 Å². The largest absolute Gasteiger partial charge is 0.371 e. The maximum Gasteiger partial charge on any atom is 0.0445 e. The molecule has 1 aliphatic heterocycles. The highest BCUT2D eigenvalue weighted by molar-refractivity contribution is 5.54. The van der Waals surface area contributed by atoms with Crippen LogP contribution in [0.15, 0.2) is 12.3 Å². The van der Waals surface area contributed by atoms with E-state index in [9.17, 15) is 0 Å². The third-order valence-corrected chi connectivity index (χ3v) is 3.67. The molecule has 1 unspecified atom stereocenters. The summed E-state index contributed by atoms with van der Waals surface area (Å²) >= 11 is 0. The van der Waals surface area contributed by atoms with Crippen molar-refractivity contribution >= 4 is 5.69 Å². The summed E-state index contributed by atoms with van der Waals surface area (Å²) in [7, 11) is 1.99. The van der Waals surface area contributed by atoms with Gasteiger partial charge in [0.25, 0.3) is 0 Å². The van der Waals surface area contributed by atoms with E-state index in [4.69, 9.17) is 0 Å². The van der Waals surface area contributed by atoms with E-state index in [0.29, 0.717) is 0 Å². The summed E-state index contributed by atoms with van der Waals surface area (Å²) in [6.45, 7) is 7.66. The molecule has 2 rings (SSSR count). The SMILES string of the molecule is CCC1CCN(c2cc(C)ncc2CNC)C1. The van der Waals surface area contributed by atoms with Crippen LogP contribution in [0.3, 0.4) is 0 Å². The van der Waals surface area contributed by atoms with Gasteiger partial charge in [-0.05, 0) is 32.4 Å². The van der Waals surface area contributed by atoms with Gasteiger partial charge < -0.3 is 10.2 Å². The molecule has 2 heterocycles. The molecule has 3 heteroatoms. The molecule has 0 aliphatic carbocycles. The van der Waals surface area contributed by atoms with Gasteiger partial charge in [0.15, 0.2) is 0 Å². The zero-order valence-corrected chi connectivity index (χ0v) is 11.2. The van der Waals surface area contributed by atoms with Crippen molar-refractivity contribution in [2.45, 2.75) is 33.2 Å². The van der Waals surface area contributed by atoms with Crippen molar-refractivity contribution in [1.29, 1.82) is 0 Å². The first-order chi connectivity index (χ1) is 8.24. The van der Waals surface area contributed by atoms with Crippen molar-refractivity contribution in [3.05, 3.63) is 23.5 Å². The van der Waals surface area contributed by atoms with Crippen LogP contribution < -0.4 is 10.2 Å². The minimum atomic E-state index is 0.867. The van der Waals surface area contributed by atoms with Gasteiger partial charge in [0.2, 0.25) is 0 Å². The molecule has 1 aliphatic rings. The lowest BCUT2D eigenvalue weighted by Gasteiger charge is -2.22. The highest BCUT2D eigenvalue weighted by Gasteiger charge is 2.22. The third kappa shape index (κ3) is 2.78. The topological polar surface area (TPSA) is 28.2 Å². The minimum Gasteiger partial charge on any atom is -0.371 e. The Morgan fingerprint density at radius 3 is 3.00 bits per heavy atom. The van der Waals surface area contributed by atoms with Crippen molar-refractivity contribution < 1.29 is 0 Å². The molecule has 0 aromatic carbocycles. The lowest BCUT2D eigenvalue weighted by molar-refractivity contribution is 0.569. The summed E-state index contributed by atoms with van der Waals surface area (Å²) < 4.78 is 0. The minimum absolute atomic E-state index is 0.867. The van der Waals surface area contributed by atoms with Gasteiger partial charge in [0.05, 0.1) is 0 Å². The van der Waals surface area contributed by atoms with Gasteiger partial charge in [0.1, 0.15) is 0 Å². The maximum atomic E-state index is 4.40. The fraction of sp³-hybridized carbons (Fsp3) is 0.643. The average molecular weight is 233 g/mol. The Bertz CT molecular complexity index is 376. The number of rotatable bonds is 4. The van der Waals surface area contributed by atoms with Crippen molar-refractivity contribution in [2.24, 2.45) is 5.92 Å². The maximum absolute atomic E-state index is 4.40. The Balaban J connectivity index is 2.21. The first kappa shape index (κ1) is 12.4. The van der Waals surface area contributed by atoms with E-state index < -0.39 is 0 Å². The molecule has 17 heavy (non-hydrogen) atoms. The fourth-order valence-corrected chi connectivity index (χ4v) is 2.58. The Hall–Kier alpha value is -1.09. The van der Waals surface area contributed by atoms with E-state index in [1.165, 1.54) is 37.2 Å². The lowest BCUT2D eigenvalue weighted by Crippen LogP contribution is -2.22. The average Bonchev–Trinajstić information content (AvgIpc) is 2.80. The van der Waals surface area contributed by atoms with Gasteiger partial charge >= 0.3 is 0 Å². The number of hydrogen-bond donors (Lipinski definition) is 1. The van der Waals surface area contributed by atoms with Crippen LogP contribution in [-0.4, -0.2) is 25.1 Å². The van der Waals surface area contributed by atoms with Crippen LogP contribution in [0.25, 0.3) is 0 Å². The second-order valence-electron chi connectivity index (χ2n) is 4.99. The Kier molecular flexibility index (Phi) is 4.00. The van der Waals surface area contributed by atoms with E-state index in [1.54, 1.807) is 0 Å². The molecular weight excluding hydrogens is 210 g/mol. The zero-order valence-electron chi connectivity index (χ0n) is 11.2. The molecule has 0 spiro atoms. The van der Waals surface area contributed by atoms with Crippen LogP contribution in [0.4, 0.5) is 5.69 Å². The van der Waals surface area contributed by atoms with E-state index in [2.05, 4.69) is 35.1 Å². The standard InChI is InChI=1S/C14H23N3/c1-4-12-5-6-17(10-12)14-7-11(2)16-9-13(14)8-15-3/h7,9,12,15H,4-6,8,10H2,1-3H3. The summed E-state index contributed by atoms with van der Waals surface area (Å²) in [6, 6.07) is 2.23. The van der Waals surface area contributed by atoms with Crippen LogP contribution in [-0.2, 0) is 6.54 Å². The summed E-state index contributed by atoms with van der Waals surface area (Å²) in [5, 5.41) is 3.23. The third-order valence-electron chi connectivity index (χ3n) is 3.67.